The lowest BCUT2D eigenvalue weighted by atomic mass is 10.2. The Bertz CT molecular complexity index is 856. The van der Waals surface area contributed by atoms with Crippen LogP contribution in [0.4, 0.5) is 15.8 Å². The Balaban J connectivity index is 2.10. The molecule has 0 aromatic heterocycles. The van der Waals surface area contributed by atoms with Crippen LogP contribution in [0.25, 0.3) is 0 Å². The van der Waals surface area contributed by atoms with Gasteiger partial charge in [-0.25, -0.2) is 9.38 Å². The van der Waals surface area contributed by atoms with Crippen molar-refractivity contribution < 1.29 is 18.7 Å². The molecule has 28 heavy (non-hydrogen) atoms. The van der Waals surface area contributed by atoms with Crippen LogP contribution in [0, 0.1) is 5.82 Å². The number of halogens is 1. The van der Waals surface area contributed by atoms with Crippen molar-refractivity contribution in [3.05, 3.63) is 60.9 Å². The summed E-state index contributed by atoms with van der Waals surface area (Å²) in [6.45, 7) is 3.98. The highest BCUT2D eigenvalue weighted by Crippen LogP contribution is 2.31. The van der Waals surface area contributed by atoms with Crippen molar-refractivity contribution in [2.75, 3.05) is 32.2 Å². The minimum absolute atomic E-state index is 0.0360. The molecule has 0 aliphatic heterocycles. The molecule has 0 unspecified atom stereocenters. The Kier molecular flexibility index (Phi) is 7.88. The van der Waals surface area contributed by atoms with E-state index < -0.39 is 0 Å². The largest absolute Gasteiger partial charge is 0.493 e. The number of aliphatic imine (C=N–C) groups is 1. The molecule has 0 spiro atoms. The summed E-state index contributed by atoms with van der Waals surface area (Å²) in [4.78, 5) is 18.4. The molecule has 0 saturated carbocycles. The lowest BCUT2D eigenvalue weighted by Gasteiger charge is -2.22. The van der Waals surface area contributed by atoms with Crippen LogP contribution in [0.5, 0.6) is 11.5 Å². The lowest BCUT2D eigenvalue weighted by molar-refractivity contribution is -0.117. The fraction of sp³-hybridized carbons (Fsp3) is 0.200. The number of nitrogens with one attached hydrogen (secondary N) is 1. The highest BCUT2D eigenvalue weighted by Gasteiger charge is 2.16. The summed E-state index contributed by atoms with van der Waals surface area (Å²) >= 11 is 4.23. The maximum absolute atomic E-state index is 12.9. The van der Waals surface area contributed by atoms with Crippen LogP contribution >= 0.6 is 12.6 Å². The van der Waals surface area contributed by atoms with E-state index in [-0.39, 0.29) is 23.4 Å². The molecule has 8 heteroatoms. The molecule has 0 heterocycles. The van der Waals surface area contributed by atoms with E-state index in [4.69, 9.17) is 9.47 Å². The fourth-order valence-electron chi connectivity index (χ4n) is 2.40. The molecular weight excluding hydrogens is 381 g/mol. The molecule has 148 valence electrons. The zero-order valence-electron chi connectivity index (χ0n) is 15.7. The van der Waals surface area contributed by atoms with Crippen LogP contribution in [-0.4, -0.2) is 38.4 Å². The Hall–Kier alpha value is -3.00. The molecule has 0 fully saturated rings. The molecule has 0 bridgehead atoms. The van der Waals surface area contributed by atoms with Crippen molar-refractivity contribution in [1.29, 1.82) is 0 Å². The van der Waals surface area contributed by atoms with E-state index in [1.165, 1.54) is 31.4 Å². The summed E-state index contributed by atoms with van der Waals surface area (Å²) < 4.78 is 23.5. The van der Waals surface area contributed by atoms with Crippen LogP contribution in [0.3, 0.4) is 0 Å². The average molecular weight is 403 g/mol. The van der Waals surface area contributed by atoms with Crippen molar-refractivity contribution in [1.82, 2.24) is 5.32 Å². The molecule has 6 nitrogen and oxygen atoms in total. The van der Waals surface area contributed by atoms with Crippen LogP contribution in [0.15, 0.2) is 60.1 Å². The second-order valence-corrected chi connectivity index (χ2v) is 6.02. The minimum Gasteiger partial charge on any atom is -0.493 e. The monoisotopic (exact) mass is 403 g/mol. The number of benzene rings is 2. The number of anilines is 1. The number of amides is 1. The first kappa shape index (κ1) is 21.3. The Morgan fingerprint density at radius 3 is 2.50 bits per heavy atom. The van der Waals surface area contributed by atoms with Crippen LogP contribution < -0.4 is 19.7 Å². The first-order valence-electron chi connectivity index (χ1n) is 8.39. The zero-order chi connectivity index (χ0) is 20.5. The maximum atomic E-state index is 12.9. The van der Waals surface area contributed by atoms with Gasteiger partial charge in [-0.3, -0.25) is 4.79 Å². The third-order valence-electron chi connectivity index (χ3n) is 3.75. The van der Waals surface area contributed by atoms with Crippen molar-refractivity contribution >= 4 is 35.1 Å². The highest BCUT2D eigenvalue weighted by molar-refractivity contribution is 7.96. The Morgan fingerprint density at radius 1 is 1.21 bits per heavy atom. The molecule has 0 aliphatic rings. The van der Waals surface area contributed by atoms with Gasteiger partial charge in [0.1, 0.15) is 5.82 Å². The van der Waals surface area contributed by atoms with E-state index in [0.29, 0.717) is 29.4 Å². The second-order valence-electron chi connectivity index (χ2n) is 5.60. The van der Waals surface area contributed by atoms with Gasteiger partial charge in [-0.2, -0.15) is 0 Å². The van der Waals surface area contributed by atoms with E-state index in [0.717, 1.165) is 0 Å². The van der Waals surface area contributed by atoms with Gasteiger partial charge in [-0.1, -0.05) is 6.08 Å². The normalized spacial score (nSPS) is 10.9. The van der Waals surface area contributed by atoms with E-state index in [9.17, 15) is 9.18 Å². The molecule has 2 aromatic rings. The number of rotatable bonds is 8. The van der Waals surface area contributed by atoms with Gasteiger partial charge in [0.05, 0.1) is 26.5 Å². The molecule has 2 aromatic carbocycles. The van der Waals surface area contributed by atoms with Crippen molar-refractivity contribution in [2.45, 2.75) is 0 Å². The van der Waals surface area contributed by atoms with Crippen LogP contribution in [0.1, 0.15) is 0 Å². The Morgan fingerprint density at radius 2 is 1.89 bits per heavy atom. The van der Waals surface area contributed by atoms with Gasteiger partial charge in [0.2, 0.25) is 5.91 Å². The third-order valence-corrected chi connectivity index (χ3v) is 4.01. The molecular formula is C20H22FN3O3S. The number of hydrogen-bond acceptors (Lipinski definition) is 4. The predicted octanol–water partition coefficient (Wildman–Crippen LogP) is 3.57. The summed E-state index contributed by atoms with van der Waals surface area (Å²) in [7, 11) is 3.07. The van der Waals surface area contributed by atoms with E-state index in [1.807, 2.05) is 0 Å². The second kappa shape index (κ2) is 10.4. The maximum Gasteiger partial charge on any atom is 0.246 e. The van der Waals surface area contributed by atoms with E-state index in [1.54, 1.807) is 36.3 Å². The van der Waals surface area contributed by atoms with Gasteiger partial charge in [-0.05, 0) is 36.4 Å². The number of hydrogen-bond donors (Lipinski definition) is 2. The van der Waals surface area contributed by atoms with Gasteiger partial charge < -0.3 is 19.7 Å². The number of amidine groups is 1. The van der Waals surface area contributed by atoms with Crippen LogP contribution in [0.2, 0.25) is 0 Å². The molecule has 0 saturated heterocycles. The smallest absolute Gasteiger partial charge is 0.246 e. The predicted molar refractivity (Wildman–Crippen MR) is 113 cm³/mol. The quantitative estimate of drug-likeness (QED) is 0.306. The van der Waals surface area contributed by atoms with Gasteiger partial charge in [0, 0.05) is 18.3 Å². The topological polar surface area (TPSA) is 63.2 Å². The minimum atomic E-state index is -0.349. The number of carbonyl (C=O) groups excluding carboxylic acids is 1. The average Bonchev–Trinajstić information content (AvgIpc) is 2.71. The number of carbonyl (C=O) groups is 1. The molecule has 0 atom stereocenters. The molecule has 1 amide bonds. The lowest BCUT2D eigenvalue weighted by Crippen LogP contribution is -2.39. The standard InChI is InChI=1S/C20H22FN3O3S/c1-4-11-24(16-9-10-17(26-2)18(12-16)27-3)19(25)13-22-20(28)23-15-7-5-14(21)6-8-15/h4-10,12H,1,11,13H2,2-3H3,(H2,22,23,28). The number of methoxy groups -OCH3 is 2. The van der Waals surface area contributed by atoms with Gasteiger partial charge in [-0.15, -0.1) is 19.2 Å². The third kappa shape index (κ3) is 5.75. The van der Waals surface area contributed by atoms with E-state index >= 15 is 0 Å². The first-order valence-corrected chi connectivity index (χ1v) is 8.83. The van der Waals surface area contributed by atoms with Crippen molar-refractivity contribution in [3.63, 3.8) is 0 Å². The van der Waals surface area contributed by atoms with Gasteiger partial charge in [0.25, 0.3) is 0 Å². The summed E-state index contributed by atoms with van der Waals surface area (Å²) in [5, 5.41) is 3.09. The van der Waals surface area contributed by atoms with Crippen LogP contribution in [-0.2, 0) is 4.79 Å². The fourth-order valence-corrected chi connectivity index (χ4v) is 2.60. The number of nitrogens with zero attached hydrogens (tertiary/aromatic N) is 2. The molecule has 0 radical (unpaired) electrons. The van der Waals surface area contributed by atoms with Gasteiger partial charge >= 0.3 is 0 Å². The van der Waals surface area contributed by atoms with Gasteiger partial charge in [0.15, 0.2) is 16.7 Å². The number of ether oxygens (including phenoxy) is 2. The molecule has 0 aliphatic carbocycles. The summed E-state index contributed by atoms with van der Waals surface area (Å²) in [6.07, 6.45) is 1.63. The molecule has 1 N–H and O–H groups in total. The summed E-state index contributed by atoms with van der Waals surface area (Å²) in [5.41, 5.74) is 1.16. The zero-order valence-corrected chi connectivity index (χ0v) is 16.6. The van der Waals surface area contributed by atoms with Crippen molar-refractivity contribution in [3.8, 4) is 11.5 Å². The first-order chi connectivity index (χ1) is 13.5. The summed E-state index contributed by atoms with van der Waals surface area (Å²) in [6, 6.07) is 10.8. The SMILES string of the molecule is C=CCN(C(=O)CN/C(S)=N/c1ccc(F)cc1)c1ccc(OC)c(OC)c1. The number of thiol groups is 1. The van der Waals surface area contributed by atoms with E-state index in [2.05, 4.69) is 29.5 Å². The summed E-state index contributed by atoms with van der Waals surface area (Å²) in [5.74, 6) is 0.521. The highest BCUT2D eigenvalue weighted by atomic mass is 32.1. The molecule has 2 rings (SSSR count). The van der Waals surface area contributed by atoms with Crippen molar-refractivity contribution in [2.24, 2.45) is 4.99 Å². The Labute approximate surface area is 169 Å².